The van der Waals surface area contributed by atoms with E-state index in [-0.39, 0.29) is 17.7 Å². The molecule has 0 fully saturated rings. The fraction of sp³-hybridized carbons (Fsp3) is 0.227. The number of aromatic nitrogens is 3. The van der Waals surface area contributed by atoms with Crippen molar-refractivity contribution >= 4 is 23.1 Å². The Morgan fingerprint density at radius 2 is 1.77 bits per heavy atom. The van der Waals surface area contributed by atoms with Crippen LogP contribution in [0.25, 0.3) is 10.9 Å². The van der Waals surface area contributed by atoms with E-state index in [1.54, 1.807) is 23.7 Å². The van der Waals surface area contributed by atoms with Crippen LogP contribution in [0.1, 0.15) is 28.6 Å². The second-order valence-electron chi connectivity index (χ2n) is 7.40. The molecule has 154 valence electrons. The van der Waals surface area contributed by atoms with Gasteiger partial charge in [-0.15, -0.1) is 0 Å². The first-order valence-electron chi connectivity index (χ1n) is 9.49. The van der Waals surface area contributed by atoms with Crippen LogP contribution in [0.2, 0.25) is 0 Å². The van der Waals surface area contributed by atoms with Crippen molar-refractivity contribution in [2.24, 2.45) is 7.05 Å². The molecule has 30 heavy (non-hydrogen) atoms. The Hall–Kier alpha value is -3.39. The number of imidazole rings is 1. The third-order valence-corrected chi connectivity index (χ3v) is 6.37. The summed E-state index contributed by atoms with van der Waals surface area (Å²) in [6.07, 6.45) is 0.554. The molecule has 0 amide bonds. The van der Waals surface area contributed by atoms with Gasteiger partial charge in [-0.05, 0) is 41.5 Å². The van der Waals surface area contributed by atoms with Gasteiger partial charge in [0, 0.05) is 30.1 Å². The zero-order valence-corrected chi connectivity index (χ0v) is 17.6. The highest BCUT2D eigenvalue weighted by molar-refractivity contribution is 7.71. The summed E-state index contributed by atoms with van der Waals surface area (Å²) in [5.41, 5.74) is 4.68. The summed E-state index contributed by atoms with van der Waals surface area (Å²) in [5.74, 6) is 0.705. The zero-order chi connectivity index (χ0) is 21.2. The average molecular weight is 423 g/mol. The fourth-order valence-corrected chi connectivity index (χ4v) is 4.73. The molecule has 3 N–H and O–H groups in total. The number of nitrogens with one attached hydrogen (secondary N) is 1. The summed E-state index contributed by atoms with van der Waals surface area (Å²) in [5, 5.41) is 22.3. The summed E-state index contributed by atoms with van der Waals surface area (Å²) in [4.78, 5) is 3.55. The number of benzene rings is 2. The Morgan fingerprint density at radius 1 is 1.10 bits per heavy atom. The lowest BCUT2D eigenvalue weighted by Gasteiger charge is -2.27. The summed E-state index contributed by atoms with van der Waals surface area (Å²) in [7, 11) is 4.75. The van der Waals surface area contributed by atoms with Crippen molar-refractivity contribution in [3.63, 3.8) is 0 Å². The molecule has 3 heterocycles. The minimum absolute atomic E-state index is 0.0591. The minimum Gasteiger partial charge on any atom is -0.502 e. The number of hydrogen-bond donors (Lipinski definition) is 3. The van der Waals surface area contributed by atoms with Gasteiger partial charge in [0.1, 0.15) is 6.04 Å². The van der Waals surface area contributed by atoms with Crippen molar-refractivity contribution in [3.8, 4) is 23.1 Å². The third kappa shape index (κ3) is 2.40. The molecule has 4 aromatic rings. The van der Waals surface area contributed by atoms with Crippen LogP contribution in [-0.4, -0.2) is 38.6 Å². The maximum Gasteiger partial charge on any atom is 0.213 e. The summed E-state index contributed by atoms with van der Waals surface area (Å²) in [6.45, 7) is 0. The SMILES string of the molecule is COc1cc(C2c3[nH]c4ccccc4c3Cc3c(O)n(C)c(=S)n32)cc(OC)c1O. The number of nitrogens with zero attached hydrogens (tertiary/aromatic N) is 2. The van der Waals surface area contributed by atoms with Crippen molar-refractivity contribution in [1.29, 1.82) is 0 Å². The molecule has 1 aliphatic rings. The van der Waals surface area contributed by atoms with Gasteiger partial charge in [-0.3, -0.25) is 4.57 Å². The van der Waals surface area contributed by atoms with Crippen LogP contribution in [0.4, 0.5) is 0 Å². The van der Waals surface area contributed by atoms with Crippen molar-refractivity contribution in [3.05, 3.63) is 63.7 Å². The Balaban J connectivity index is 1.87. The number of aromatic amines is 1. The minimum atomic E-state index is -0.348. The molecule has 8 heteroatoms. The van der Waals surface area contributed by atoms with E-state index in [2.05, 4.69) is 11.1 Å². The Kier molecular flexibility index (Phi) is 4.08. The molecule has 2 aromatic carbocycles. The Morgan fingerprint density at radius 3 is 2.43 bits per heavy atom. The van der Waals surface area contributed by atoms with Gasteiger partial charge in [-0.25, -0.2) is 0 Å². The van der Waals surface area contributed by atoms with Crippen molar-refractivity contribution < 1.29 is 19.7 Å². The number of fused-ring (bicyclic) bond motifs is 4. The van der Waals surface area contributed by atoms with E-state index in [0.29, 0.717) is 22.7 Å². The molecule has 0 bridgehead atoms. The van der Waals surface area contributed by atoms with E-state index in [4.69, 9.17) is 21.7 Å². The van der Waals surface area contributed by atoms with E-state index in [0.717, 1.165) is 33.4 Å². The van der Waals surface area contributed by atoms with Gasteiger partial charge in [0.15, 0.2) is 16.3 Å². The van der Waals surface area contributed by atoms with Crippen LogP contribution < -0.4 is 9.47 Å². The molecule has 7 nitrogen and oxygen atoms in total. The van der Waals surface area contributed by atoms with E-state index in [9.17, 15) is 10.2 Å². The second kappa shape index (κ2) is 6.56. The molecule has 5 rings (SSSR count). The van der Waals surface area contributed by atoms with Crippen LogP contribution in [0, 0.1) is 4.77 Å². The van der Waals surface area contributed by atoms with E-state index in [1.807, 2.05) is 22.8 Å². The molecule has 1 atom stereocenters. The predicted molar refractivity (Wildman–Crippen MR) is 115 cm³/mol. The molecule has 0 radical (unpaired) electrons. The number of para-hydroxylation sites is 1. The van der Waals surface area contributed by atoms with Gasteiger partial charge in [0.05, 0.1) is 19.9 Å². The maximum atomic E-state index is 10.8. The normalized spacial score (nSPS) is 15.1. The molecule has 0 spiro atoms. The van der Waals surface area contributed by atoms with E-state index in [1.165, 1.54) is 14.2 Å². The smallest absolute Gasteiger partial charge is 0.213 e. The monoisotopic (exact) mass is 423 g/mol. The van der Waals surface area contributed by atoms with Crippen molar-refractivity contribution in [2.45, 2.75) is 12.5 Å². The van der Waals surface area contributed by atoms with Gasteiger partial charge < -0.3 is 29.2 Å². The number of phenolic OH excluding ortho intramolecular Hbond substituents is 1. The number of methoxy groups -OCH3 is 2. The van der Waals surface area contributed by atoms with Gasteiger partial charge >= 0.3 is 0 Å². The van der Waals surface area contributed by atoms with Crippen LogP contribution in [0.3, 0.4) is 0 Å². The average Bonchev–Trinajstić information content (AvgIpc) is 3.23. The highest BCUT2D eigenvalue weighted by Gasteiger charge is 2.34. The van der Waals surface area contributed by atoms with Crippen LogP contribution in [0.5, 0.6) is 23.1 Å². The number of rotatable bonds is 3. The molecule has 0 saturated carbocycles. The Bertz CT molecular complexity index is 1340. The standard InChI is InChI=1S/C22H21N3O4S/c1-24-21(27)15-10-13-12-6-4-5-7-14(12)23-18(13)19(25(15)22(24)30)11-8-16(28-2)20(26)17(9-11)29-3/h4-9,19,23,26-27H,10H2,1-3H3. The molecule has 0 saturated heterocycles. The van der Waals surface area contributed by atoms with Crippen LogP contribution >= 0.6 is 12.2 Å². The van der Waals surface area contributed by atoms with Crippen molar-refractivity contribution in [1.82, 2.24) is 14.1 Å². The number of ether oxygens (including phenoxy) is 2. The third-order valence-electron chi connectivity index (χ3n) is 5.90. The maximum absolute atomic E-state index is 10.8. The first-order valence-corrected chi connectivity index (χ1v) is 9.90. The number of H-pyrrole nitrogens is 1. The lowest BCUT2D eigenvalue weighted by atomic mass is 9.92. The van der Waals surface area contributed by atoms with Crippen LogP contribution in [-0.2, 0) is 13.5 Å². The largest absolute Gasteiger partial charge is 0.502 e. The molecular weight excluding hydrogens is 402 g/mol. The molecule has 1 aliphatic heterocycles. The summed E-state index contributed by atoms with van der Waals surface area (Å²) in [6, 6.07) is 11.3. The van der Waals surface area contributed by atoms with Gasteiger partial charge in [-0.2, -0.15) is 0 Å². The number of phenols is 1. The number of aromatic hydroxyl groups is 2. The second-order valence-corrected chi connectivity index (χ2v) is 7.76. The summed E-state index contributed by atoms with van der Waals surface area (Å²) >= 11 is 5.68. The predicted octanol–water partition coefficient (Wildman–Crippen LogP) is 4.01. The molecule has 2 aromatic heterocycles. The first-order chi connectivity index (χ1) is 14.5. The Labute approximate surface area is 177 Å². The van der Waals surface area contributed by atoms with Crippen molar-refractivity contribution in [2.75, 3.05) is 14.2 Å². The van der Waals surface area contributed by atoms with Gasteiger partial charge in [0.2, 0.25) is 11.6 Å². The summed E-state index contributed by atoms with van der Waals surface area (Å²) < 4.78 is 14.8. The number of hydrogen-bond acceptors (Lipinski definition) is 5. The quantitative estimate of drug-likeness (QED) is 0.382. The molecular formula is C22H21N3O4S. The highest BCUT2D eigenvalue weighted by Crippen LogP contribution is 2.46. The van der Waals surface area contributed by atoms with Crippen LogP contribution in [0.15, 0.2) is 36.4 Å². The highest BCUT2D eigenvalue weighted by atomic mass is 32.1. The lowest BCUT2D eigenvalue weighted by molar-refractivity contribution is 0.338. The first kappa shape index (κ1) is 18.6. The van der Waals surface area contributed by atoms with Gasteiger partial charge in [0.25, 0.3) is 0 Å². The fourth-order valence-electron chi connectivity index (χ4n) is 4.43. The molecule has 0 aliphatic carbocycles. The lowest BCUT2D eigenvalue weighted by Crippen LogP contribution is -2.22. The van der Waals surface area contributed by atoms with Gasteiger partial charge in [-0.1, -0.05) is 18.2 Å². The van der Waals surface area contributed by atoms with E-state index >= 15 is 0 Å². The van der Waals surface area contributed by atoms with E-state index < -0.39 is 0 Å². The molecule has 1 unspecified atom stereocenters. The topological polar surface area (TPSA) is 84.6 Å². The zero-order valence-electron chi connectivity index (χ0n) is 16.8.